The van der Waals surface area contributed by atoms with Gasteiger partial charge in [-0.25, -0.2) is 4.98 Å². The summed E-state index contributed by atoms with van der Waals surface area (Å²) in [5.74, 6) is 1.18. The van der Waals surface area contributed by atoms with E-state index in [1.54, 1.807) is 30.2 Å². The van der Waals surface area contributed by atoms with E-state index in [0.717, 1.165) is 27.6 Å². The molecule has 0 aromatic carbocycles. The SMILES string of the molecule is CSCC(O)C1C=C(C)C(c2cc3cnc(NC=O)cc3cn2)=CN1. The van der Waals surface area contributed by atoms with Crippen molar-refractivity contribution in [1.82, 2.24) is 15.3 Å². The van der Waals surface area contributed by atoms with Gasteiger partial charge in [-0.2, -0.15) is 11.8 Å². The van der Waals surface area contributed by atoms with Crippen LogP contribution in [0.4, 0.5) is 5.82 Å². The van der Waals surface area contributed by atoms with E-state index >= 15 is 0 Å². The van der Waals surface area contributed by atoms with Crippen LogP contribution in [0.1, 0.15) is 12.6 Å². The van der Waals surface area contributed by atoms with Crippen LogP contribution >= 0.6 is 11.8 Å². The van der Waals surface area contributed by atoms with Gasteiger partial charge in [0, 0.05) is 40.7 Å². The van der Waals surface area contributed by atoms with E-state index in [1.165, 1.54) is 0 Å². The summed E-state index contributed by atoms with van der Waals surface area (Å²) in [5, 5.41) is 17.8. The number of rotatable bonds is 6. The number of hydrogen-bond acceptors (Lipinski definition) is 6. The molecule has 0 bridgehead atoms. The molecular weight excluding hydrogens is 336 g/mol. The number of carbonyl (C=O) groups excluding carboxylic acids is 1. The number of amides is 1. The van der Waals surface area contributed by atoms with Crippen molar-refractivity contribution in [3.63, 3.8) is 0 Å². The minimum absolute atomic E-state index is 0.0877. The maximum absolute atomic E-state index is 10.5. The van der Waals surface area contributed by atoms with Crippen LogP contribution in [-0.2, 0) is 4.79 Å². The highest BCUT2D eigenvalue weighted by atomic mass is 32.2. The molecule has 25 heavy (non-hydrogen) atoms. The average molecular weight is 356 g/mol. The molecule has 1 aliphatic rings. The van der Waals surface area contributed by atoms with Gasteiger partial charge in [-0.05, 0) is 30.9 Å². The maximum Gasteiger partial charge on any atom is 0.212 e. The van der Waals surface area contributed by atoms with Crippen LogP contribution in [0, 0.1) is 0 Å². The van der Waals surface area contributed by atoms with Crippen LogP contribution in [0.25, 0.3) is 16.3 Å². The van der Waals surface area contributed by atoms with Gasteiger partial charge in [-0.1, -0.05) is 6.08 Å². The molecule has 0 radical (unpaired) electrons. The number of fused-ring (bicyclic) bond motifs is 1. The summed E-state index contributed by atoms with van der Waals surface area (Å²) in [6.45, 7) is 2.02. The number of pyridine rings is 2. The molecule has 2 unspecified atom stereocenters. The smallest absolute Gasteiger partial charge is 0.212 e. The molecule has 1 aliphatic heterocycles. The summed E-state index contributed by atoms with van der Waals surface area (Å²) in [6, 6.07) is 3.66. The van der Waals surface area contributed by atoms with Gasteiger partial charge in [0.05, 0.1) is 17.8 Å². The Labute approximate surface area is 150 Å². The van der Waals surface area contributed by atoms with Crippen LogP contribution in [0.15, 0.2) is 42.4 Å². The number of aromatic nitrogens is 2. The van der Waals surface area contributed by atoms with E-state index in [2.05, 4.69) is 20.6 Å². The first-order chi connectivity index (χ1) is 12.1. The minimum atomic E-state index is -0.430. The van der Waals surface area contributed by atoms with Crippen molar-refractivity contribution in [2.24, 2.45) is 0 Å². The zero-order valence-corrected chi connectivity index (χ0v) is 14.9. The third-order valence-corrected chi connectivity index (χ3v) is 4.79. The molecule has 3 N–H and O–H groups in total. The molecule has 0 aliphatic carbocycles. The summed E-state index contributed by atoms with van der Waals surface area (Å²) in [6.07, 6.45) is 9.58. The number of nitrogens with one attached hydrogen (secondary N) is 2. The van der Waals surface area contributed by atoms with Gasteiger partial charge in [0.25, 0.3) is 0 Å². The van der Waals surface area contributed by atoms with Crippen LogP contribution in [0.3, 0.4) is 0 Å². The van der Waals surface area contributed by atoms with Crippen molar-refractivity contribution in [3.05, 3.63) is 48.1 Å². The Kier molecular flexibility index (Phi) is 5.35. The first kappa shape index (κ1) is 17.4. The number of aliphatic hydroxyl groups excluding tert-OH is 1. The number of thioether (sulfide) groups is 1. The predicted molar refractivity (Wildman–Crippen MR) is 102 cm³/mol. The Balaban J connectivity index is 1.86. The molecule has 3 rings (SSSR count). The van der Waals surface area contributed by atoms with Gasteiger partial charge in [0.15, 0.2) is 0 Å². The fraction of sp³-hybridized carbons (Fsp3) is 0.278. The van der Waals surface area contributed by atoms with E-state index < -0.39 is 6.10 Å². The second kappa shape index (κ2) is 7.67. The van der Waals surface area contributed by atoms with Crippen LogP contribution in [-0.4, -0.2) is 45.6 Å². The molecule has 0 saturated heterocycles. The Hall–Kier alpha value is -2.38. The normalized spacial score (nSPS) is 18.1. The lowest BCUT2D eigenvalue weighted by Gasteiger charge is -2.25. The molecule has 7 heteroatoms. The number of nitrogens with zero attached hydrogens (tertiary/aromatic N) is 2. The van der Waals surface area contributed by atoms with Crippen molar-refractivity contribution in [2.75, 3.05) is 17.3 Å². The summed E-state index contributed by atoms with van der Waals surface area (Å²) < 4.78 is 0. The first-order valence-electron chi connectivity index (χ1n) is 7.90. The minimum Gasteiger partial charge on any atom is -0.390 e. The molecule has 3 heterocycles. The summed E-state index contributed by atoms with van der Waals surface area (Å²) >= 11 is 1.62. The fourth-order valence-corrected chi connectivity index (χ4v) is 3.35. The Morgan fingerprint density at radius 1 is 1.36 bits per heavy atom. The van der Waals surface area contributed by atoms with Crippen molar-refractivity contribution in [1.29, 1.82) is 0 Å². The predicted octanol–water partition coefficient (Wildman–Crippen LogP) is 2.18. The first-order valence-corrected chi connectivity index (χ1v) is 9.30. The van der Waals surface area contributed by atoms with Gasteiger partial charge in [0.2, 0.25) is 6.41 Å². The van der Waals surface area contributed by atoms with Gasteiger partial charge in [-0.3, -0.25) is 9.78 Å². The lowest BCUT2D eigenvalue weighted by Crippen LogP contribution is -2.39. The topological polar surface area (TPSA) is 87.1 Å². The van der Waals surface area contributed by atoms with Crippen LogP contribution in [0.2, 0.25) is 0 Å². The zero-order valence-electron chi connectivity index (χ0n) is 14.1. The molecule has 0 saturated carbocycles. The average Bonchev–Trinajstić information content (AvgIpc) is 2.62. The number of allylic oxidation sites excluding steroid dienone is 2. The Bertz CT molecular complexity index is 850. The molecule has 6 nitrogen and oxygen atoms in total. The molecule has 0 spiro atoms. The van der Waals surface area contributed by atoms with Gasteiger partial charge in [0.1, 0.15) is 5.82 Å². The zero-order chi connectivity index (χ0) is 17.8. The molecule has 2 atom stereocenters. The third-order valence-electron chi connectivity index (χ3n) is 4.11. The van der Waals surface area contributed by atoms with Gasteiger partial charge < -0.3 is 15.7 Å². The van der Waals surface area contributed by atoms with E-state index in [9.17, 15) is 9.90 Å². The van der Waals surface area contributed by atoms with Crippen molar-refractivity contribution < 1.29 is 9.90 Å². The van der Waals surface area contributed by atoms with Crippen molar-refractivity contribution >= 4 is 40.3 Å². The number of dihydropyridines is 1. The van der Waals surface area contributed by atoms with Gasteiger partial charge >= 0.3 is 0 Å². The number of anilines is 1. The molecule has 2 aromatic heterocycles. The third kappa shape index (κ3) is 3.83. The molecule has 130 valence electrons. The van der Waals surface area contributed by atoms with Crippen LogP contribution in [0.5, 0.6) is 0 Å². The maximum atomic E-state index is 10.5. The standard InChI is InChI=1S/C18H20N4O2S/c1-11-3-16(17(24)9-25-2)20-8-14(11)15-4-12-7-21-18(22-10-23)5-13(12)6-19-15/h3-8,10,16-17,20,24H,9H2,1-2H3,(H,21,22,23). The largest absolute Gasteiger partial charge is 0.390 e. The highest BCUT2D eigenvalue weighted by molar-refractivity contribution is 7.98. The lowest BCUT2D eigenvalue weighted by molar-refractivity contribution is -0.105. The van der Waals surface area contributed by atoms with E-state index in [1.807, 2.05) is 31.5 Å². The van der Waals surface area contributed by atoms with Gasteiger partial charge in [-0.15, -0.1) is 0 Å². The number of aliphatic hydroxyl groups is 1. The number of hydrogen-bond donors (Lipinski definition) is 3. The lowest BCUT2D eigenvalue weighted by atomic mass is 9.96. The molecule has 1 amide bonds. The number of carbonyl (C=O) groups is 1. The summed E-state index contributed by atoms with van der Waals surface area (Å²) in [5.41, 5.74) is 2.90. The molecular formula is C18H20N4O2S. The Morgan fingerprint density at radius 3 is 2.84 bits per heavy atom. The molecule has 2 aromatic rings. The Morgan fingerprint density at radius 2 is 2.12 bits per heavy atom. The second-order valence-electron chi connectivity index (χ2n) is 5.87. The van der Waals surface area contributed by atoms with Crippen molar-refractivity contribution in [2.45, 2.75) is 19.1 Å². The highest BCUT2D eigenvalue weighted by Gasteiger charge is 2.20. The van der Waals surface area contributed by atoms with E-state index in [4.69, 9.17) is 0 Å². The van der Waals surface area contributed by atoms with Crippen LogP contribution < -0.4 is 10.6 Å². The van der Waals surface area contributed by atoms with E-state index in [-0.39, 0.29) is 6.04 Å². The summed E-state index contributed by atoms with van der Waals surface area (Å²) in [7, 11) is 0. The molecule has 0 fully saturated rings. The fourth-order valence-electron chi connectivity index (χ4n) is 2.80. The summed E-state index contributed by atoms with van der Waals surface area (Å²) in [4.78, 5) is 19.2. The van der Waals surface area contributed by atoms with Crippen molar-refractivity contribution in [3.8, 4) is 0 Å². The highest BCUT2D eigenvalue weighted by Crippen LogP contribution is 2.27. The monoisotopic (exact) mass is 356 g/mol. The quantitative estimate of drug-likeness (QED) is 0.688. The second-order valence-corrected chi connectivity index (χ2v) is 6.78. The van der Waals surface area contributed by atoms with E-state index in [0.29, 0.717) is 18.0 Å².